The normalized spacial score (nSPS) is 15.0. The van der Waals surface area contributed by atoms with E-state index in [0.717, 1.165) is 16.9 Å². The maximum absolute atomic E-state index is 13.6. The van der Waals surface area contributed by atoms with E-state index in [1.807, 2.05) is 12.1 Å². The Labute approximate surface area is 106 Å². The van der Waals surface area contributed by atoms with Crippen molar-refractivity contribution in [1.82, 2.24) is 5.32 Å². The summed E-state index contributed by atoms with van der Waals surface area (Å²) in [6.45, 7) is 2.51. The van der Waals surface area contributed by atoms with Gasteiger partial charge in [-0.25, -0.2) is 4.39 Å². The van der Waals surface area contributed by atoms with Crippen LogP contribution in [0.3, 0.4) is 0 Å². The smallest absolute Gasteiger partial charge is 0.126 e. The van der Waals surface area contributed by atoms with Gasteiger partial charge in [0.15, 0.2) is 0 Å². The van der Waals surface area contributed by atoms with Gasteiger partial charge in [0.2, 0.25) is 0 Å². The average Bonchev–Trinajstić information content (AvgIpc) is 3.08. The average molecular weight is 245 g/mol. The maximum Gasteiger partial charge on any atom is 0.126 e. The van der Waals surface area contributed by atoms with E-state index in [9.17, 15) is 4.39 Å². The van der Waals surface area contributed by atoms with Crippen molar-refractivity contribution in [2.24, 2.45) is 0 Å². The van der Waals surface area contributed by atoms with Gasteiger partial charge in [-0.1, -0.05) is 12.1 Å². The fourth-order valence-corrected chi connectivity index (χ4v) is 2.14. The second-order valence-electron chi connectivity index (χ2n) is 4.83. The first-order valence-corrected chi connectivity index (χ1v) is 6.31. The molecule has 18 heavy (non-hydrogen) atoms. The Morgan fingerprint density at radius 3 is 2.89 bits per heavy atom. The van der Waals surface area contributed by atoms with Crippen LogP contribution in [0.1, 0.15) is 24.2 Å². The number of halogens is 1. The van der Waals surface area contributed by atoms with Crippen LogP contribution < -0.4 is 5.32 Å². The molecule has 0 aliphatic heterocycles. The van der Waals surface area contributed by atoms with E-state index in [0.29, 0.717) is 18.2 Å². The van der Waals surface area contributed by atoms with Crippen molar-refractivity contribution in [2.75, 3.05) is 0 Å². The Kier molecular flexibility index (Phi) is 2.92. The molecule has 1 aromatic heterocycles. The van der Waals surface area contributed by atoms with Gasteiger partial charge in [0.25, 0.3) is 0 Å². The summed E-state index contributed by atoms with van der Waals surface area (Å²) in [4.78, 5) is 0. The topological polar surface area (TPSA) is 25.2 Å². The molecule has 0 bridgehead atoms. The molecule has 1 aliphatic carbocycles. The zero-order valence-corrected chi connectivity index (χ0v) is 10.4. The molecular weight excluding hydrogens is 229 g/mol. The Morgan fingerprint density at radius 2 is 2.11 bits per heavy atom. The van der Waals surface area contributed by atoms with Crippen LogP contribution in [0.2, 0.25) is 0 Å². The minimum Gasteiger partial charge on any atom is -0.467 e. The molecule has 0 unspecified atom stereocenters. The van der Waals surface area contributed by atoms with Crippen molar-refractivity contribution in [3.8, 4) is 11.1 Å². The van der Waals surface area contributed by atoms with Crippen LogP contribution in [0.5, 0.6) is 0 Å². The summed E-state index contributed by atoms with van der Waals surface area (Å²) in [6.07, 6.45) is 4.16. The van der Waals surface area contributed by atoms with Gasteiger partial charge in [-0.3, -0.25) is 0 Å². The first kappa shape index (κ1) is 11.5. The van der Waals surface area contributed by atoms with Crippen LogP contribution in [-0.2, 0) is 6.54 Å². The number of benzene rings is 1. The summed E-state index contributed by atoms with van der Waals surface area (Å²) >= 11 is 0. The zero-order chi connectivity index (χ0) is 12.5. The molecule has 3 rings (SSSR count). The van der Waals surface area contributed by atoms with E-state index in [1.54, 1.807) is 19.3 Å². The van der Waals surface area contributed by atoms with Gasteiger partial charge < -0.3 is 9.73 Å². The lowest BCUT2D eigenvalue weighted by Gasteiger charge is -2.07. The highest BCUT2D eigenvalue weighted by molar-refractivity contribution is 5.69. The molecule has 0 radical (unpaired) electrons. The van der Waals surface area contributed by atoms with Gasteiger partial charge in [-0.05, 0) is 43.0 Å². The molecule has 0 atom stereocenters. The highest BCUT2D eigenvalue weighted by Crippen LogP contribution is 2.29. The third kappa shape index (κ3) is 2.18. The molecule has 1 aromatic carbocycles. The molecule has 1 N–H and O–H groups in total. The third-order valence-electron chi connectivity index (χ3n) is 3.43. The molecular formula is C15H16FNO. The Morgan fingerprint density at radius 1 is 1.28 bits per heavy atom. The largest absolute Gasteiger partial charge is 0.467 e. The number of rotatable bonds is 4. The predicted octanol–water partition coefficient (Wildman–Crippen LogP) is 3.65. The lowest BCUT2D eigenvalue weighted by molar-refractivity contribution is 0.483. The Bertz CT molecular complexity index is 557. The van der Waals surface area contributed by atoms with Gasteiger partial charge in [0.05, 0.1) is 12.8 Å². The lowest BCUT2D eigenvalue weighted by atomic mass is 10.0. The maximum atomic E-state index is 13.6. The van der Waals surface area contributed by atoms with Crippen molar-refractivity contribution in [3.63, 3.8) is 0 Å². The van der Waals surface area contributed by atoms with Crippen LogP contribution in [0.15, 0.2) is 34.9 Å². The number of hydrogen-bond acceptors (Lipinski definition) is 2. The molecule has 94 valence electrons. The van der Waals surface area contributed by atoms with Crippen LogP contribution in [0.25, 0.3) is 11.1 Å². The fraction of sp³-hybridized carbons (Fsp3) is 0.333. The molecule has 1 heterocycles. The zero-order valence-electron chi connectivity index (χ0n) is 10.4. The second kappa shape index (κ2) is 4.58. The Hall–Kier alpha value is -1.61. The van der Waals surface area contributed by atoms with Gasteiger partial charge in [0.1, 0.15) is 11.6 Å². The Balaban J connectivity index is 1.90. The third-order valence-corrected chi connectivity index (χ3v) is 3.43. The minimum atomic E-state index is -0.171. The summed E-state index contributed by atoms with van der Waals surface area (Å²) in [5, 5.41) is 3.42. The van der Waals surface area contributed by atoms with Gasteiger partial charge >= 0.3 is 0 Å². The van der Waals surface area contributed by atoms with Gasteiger partial charge in [-0.2, -0.15) is 0 Å². The van der Waals surface area contributed by atoms with Crippen molar-refractivity contribution in [2.45, 2.75) is 32.4 Å². The van der Waals surface area contributed by atoms with E-state index < -0.39 is 0 Å². The molecule has 0 amide bonds. The van der Waals surface area contributed by atoms with E-state index >= 15 is 0 Å². The highest BCUT2D eigenvalue weighted by Gasteiger charge is 2.21. The quantitative estimate of drug-likeness (QED) is 0.889. The molecule has 0 saturated heterocycles. The number of furan rings is 1. The molecule has 1 aliphatic rings. The first-order chi connectivity index (χ1) is 8.75. The summed E-state index contributed by atoms with van der Waals surface area (Å²) in [7, 11) is 0. The van der Waals surface area contributed by atoms with Crippen LogP contribution in [-0.4, -0.2) is 6.04 Å². The van der Waals surface area contributed by atoms with E-state index in [-0.39, 0.29) is 5.82 Å². The van der Waals surface area contributed by atoms with Gasteiger partial charge in [-0.15, -0.1) is 0 Å². The van der Waals surface area contributed by atoms with Crippen molar-refractivity contribution >= 4 is 0 Å². The molecule has 2 nitrogen and oxygen atoms in total. The summed E-state index contributed by atoms with van der Waals surface area (Å²) < 4.78 is 19.1. The van der Waals surface area contributed by atoms with Crippen LogP contribution in [0.4, 0.5) is 4.39 Å². The predicted molar refractivity (Wildman–Crippen MR) is 68.7 cm³/mol. The molecule has 0 spiro atoms. The van der Waals surface area contributed by atoms with E-state index in [1.165, 1.54) is 18.9 Å². The lowest BCUT2D eigenvalue weighted by Crippen LogP contribution is -2.15. The van der Waals surface area contributed by atoms with Crippen molar-refractivity contribution in [3.05, 3.63) is 47.7 Å². The summed E-state index contributed by atoms with van der Waals surface area (Å²) in [5.41, 5.74) is 2.57. The van der Waals surface area contributed by atoms with Crippen LogP contribution in [0, 0.1) is 12.7 Å². The molecule has 3 heteroatoms. The highest BCUT2D eigenvalue weighted by atomic mass is 19.1. The summed E-state index contributed by atoms with van der Waals surface area (Å²) in [5.74, 6) is 0.713. The molecule has 1 saturated carbocycles. The van der Waals surface area contributed by atoms with Crippen LogP contribution >= 0.6 is 0 Å². The minimum absolute atomic E-state index is 0.171. The SMILES string of the molecule is Cc1c(F)cccc1-c1ccoc1CNC1CC1. The van der Waals surface area contributed by atoms with E-state index in [4.69, 9.17) is 4.42 Å². The second-order valence-corrected chi connectivity index (χ2v) is 4.83. The van der Waals surface area contributed by atoms with Crippen molar-refractivity contribution in [1.29, 1.82) is 0 Å². The number of hydrogen-bond donors (Lipinski definition) is 1. The monoisotopic (exact) mass is 245 g/mol. The molecule has 2 aromatic rings. The van der Waals surface area contributed by atoms with Gasteiger partial charge in [0, 0.05) is 11.6 Å². The van der Waals surface area contributed by atoms with E-state index in [2.05, 4.69) is 5.32 Å². The summed E-state index contributed by atoms with van der Waals surface area (Å²) in [6, 6.07) is 7.70. The number of nitrogens with one attached hydrogen (secondary N) is 1. The standard InChI is InChI=1S/C15H16FNO/c1-10-12(3-2-4-14(10)16)13-7-8-18-15(13)9-17-11-5-6-11/h2-4,7-8,11,17H,5-6,9H2,1H3. The van der Waals surface area contributed by atoms with Crippen molar-refractivity contribution < 1.29 is 8.81 Å². The fourth-order valence-electron chi connectivity index (χ4n) is 2.14. The first-order valence-electron chi connectivity index (χ1n) is 6.31. The molecule has 1 fully saturated rings.